The Morgan fingerprint density at radius 2 is 1.81 bits per heavy atom. The number of rotatable bonds is 6. The molecule has 5 nitrogen and oxygen atoms in total. The third-order valence-electron chi connectivity index (χ3n) is 5.31. The average Bonchev–Trinajstić information content (AvgIpc) is 2.52. The quantitative estimate of drug-likeness (QED) is 0.527. The normalized spacial score (nSPS) is 22.4. The summed E-state index contributed by atoms with van der Waals surface area (Å²) in [5.41, 5.74) is 1.00. The Morgan fingerprint density at radius 3 is 2.38 bits per heavy atom. The van der Waals surface area contributed by atoms with Crippen LogP contribution in [0.25, 0.3) is 0 Å². The van der Waals surface area contributed by atoms with E-state index in [1.165, 1.54) is 0 Å². The van der Waals surface area contributed by atoms with Crippen molar-refractivity contribution in [2.75, 3.05) is 13.2 Å². The van der Waals surface area contributed by atoms with Crippen LogP contribution in [0, 0.1) is 6.92 Å². The maximum atomic E-state index is 12.3. The lowest BCUT2D eigenvalue weighted by molar-refractivity contribution is -0.0553. The van der Waals surface area contributed by atoms with Crippen LogP contribution < -0.4 is 0 Å². The second kappa shape index (κ2) is 8.10. The fraction of sp³-hybridized carbons (Fsp3) is 0.684. The number of ether oxygens (including phenoxy) is 1. The zero-order valence-corrected chi connectivity index (χ0v) is 18.6. The molecule has 26 heavy (non-hydrogen) atoms. The van der Waals surface area contributed by atoms with Gasteiger partial charge in [0.25, 0.3) is 10.1 Å². The highest BCUT2D eigenvalue weighted by Crippen LogP contribution is 2.38. The highest BCUT2D eigenvalue weighted by atomic mass is 32.2. The number of benzene rings is 1. The predicted molar refractivity (Wildman–Crippen MR) is 105 cm³/mol. The third kappa shape index (κ3) is 5.63. The summed E-state index contributed by atoms with van der Waals surface area (Å²) >= 11 is 0. The lowest BCUT2D eigenvalue weighted by Gasteiger charge is -2.41. The van der Waals surface area contributed by atoms with Gasteiger partial charge in [0.1, 0.15) is 0 Å². The standard InChI is InChI=1S/C19H32O5SSi/c1-15-7-9-18(10-8-15)25(20,21)23-14-17-13-16(11-12-22-17)24-26(5,6)19(2,3)4/h7-10,16-17H,11-14H2,1-6H3/t16?,17-/m0/s1. The van der Waals surface area contributed by atoms with Crippen LogP contribution in [0.5, 0.6) is 0 Å². The molecule has 1 aliphatic heterocycles. The molecular weight excluding hydrogens is 368 g/mol. The molecule has 1 saturated heterocycles. The lowest BCUT2D eigenvalue weighted by Crippen LogP contribution is -2.46. The zero-order valence-electron chi connectivity index (χ0n) is 16.7. The van der Waals surface area contributed by atoms with Crippen LogP contribution in [-0.4, -0.2) is 42.2 Å². The van der Waals surface area contributed by atoms with E-state index in [1.807, 2.05) is 6.92 Å². The Bertz CT molecular complexity index is 692. The van der Waals surface area contributed by atoms with Gasteiger partial charge in [0.05, 0.1) is 17.6 Å². The number of aryl methyl sites for hydroxylation is 1. The minimum atomic E-state index is -3.76. The second-order valence-corrected chi connectivity index (χ2v) is 14.9. The Hall–Kier alpha value is -0.733. The van der Waals surface area contributed by atoms with E-state index < -0.39 is 18.4 Å². The molecule has 0 aliphatic carbocycles. The van der Waals surface area contributed by atoms with Crippen molar-refractivity contribution in [3.8, 4) is 0 Å². The summed E-state index contributed by atoms with van der Waals surface area (Å²) in [5.74, 6) is 0. The molecule has 1 fully saturated rings. The second-order valence-electron chi connectivity index (χ2n) is 8.57. The highest BCUT2D eigenvalue weighted by molar-refractivity contribution is 7.86. The minimum Gasteiger partial charge on any atom is -0.414 e. The monoisotopic (exact) mass is 400 g/mol. The first-order valence-corrected chi connectivity index (χ1v) is 13.5. The Morgan fingerprint density at radius 1 is 1.19 bits per heavy atom. The minimum absolute atomic E-state index is 0.0214. The van der Waals surface area contributed by atoms with Crippen molar-refractivity contribution < 1.29 is 21.8 Å². The number of hydrogen-bond donors (Lipinski definition) is 0. The van der Waals surface area contributed by atoms with Gasteiger partial charge in [-0.1, -0.05) is 38.5 Å². The van der Waals surface area contributed by atoms with Gasteiger partial charge in [0, 0.05) is 19.1 Å². The molecule has 148 valence electrons. The fourth-order valence-electron chi connectivity index (χ4n) is 2.60. The van der Waals surface area contributed by atoms with E-state index in [9.17, 15) is 8.42 Å². The van der Waals surface area contributed by atoms with E-state index in [4.69, 9.17) is 13.3 Å². The van der Waals surface area contributed by atoms with Gasteiger partial charge in [0.15, 0.2) is 8.32 Å². The first-order valence-electron chi connectivity index (χ1n) is 9.16. The Balaban J connectivity index is 1.93. The Kier molecular flexibility index (Phi) is 6.72. The van der Waals surface area contributed by atoms with E-state index in [2.05, 4.69) is 33.9 Å². The van der Waals surface area contributed by atoms with E-state index in [0.717, 1.165) is 12.0 Å². The van der Waals surface area contributed by atoms with Crippen LogP contribution in [0.15, 0.2) is 29.2 Å². The van der Waals surface area contributed by atoms with Crippen molar-refractivity contribution in [3.05, 3.63) is 29.8 Å². The smallest absolute Gasteiger partial charge is 0.297 e. The maximum absolute atomic E-state index is 12.3. The summed E-state index contributed by atoms with van der Waals surface area (Å²) in [7, 11) is -5.62. The number of hydrogen-bond acceptors (Lipinski definition) is 5. The molecule has 0 N–H and O–H groups in total. The molecule has 0 bridgehead atoms. The van der Waals surface area contributed by atoms with Gasteiger partial charge >= 0.3 is 0 Å². The fourth-order valence-corrected chi connectivity index (χ4v) is 4.94. The van der Waals surface area contributed by atoms with Crippen molar-refractivity contribution in [2.45, 2.75) is 75.8 Å². The maximum Gasteiger partial charge on any atom is 0.297 e. The highest BCUT2D eigenvalue weighted by Gasteiger charge is 2.40. The van der Waals surface area contributed by atoms with E-state index >= 15 is 0 Å². The van der Waals surface area contributed by atoms with Crippen molar-refractivity contribution in [1.82, 2.24) is 0 Å². The molecule has 0 radical (unpaired) electrons. The van der Waals surface area contributed by atoms with E-state index in [1.54, 1.807) is 24.3 Å². The van der Waals surface area contributed by atoms with Gasteiger partial charge in [-0.2, -0.15) is 8.42 Å². The van der Waals surface area contributed by atoms with Crippen LogP contribution in [0.4, 0.5) is 0 Å². The van der Waals surface area contributed by atoms with Crippen molar-refractivity contribution in [1.29, 1.82) is 0 Å². The van der Waals surface area contributed by atoms with Gasteiger partial charge in [0.2, 0.25) is 0 Å². The molecule has 1 heterocycles. The lowest BCUT2D eigenvalue weighted by atomic mass is 10.1. The van der Waals surface area contributed by atoms with Gasteiger partial charge in [-0.15, -0.1) is 0 Å². The summed E-state index contributed by atoms with van der Waals surface area (Å²) in [6, 6.07) is 6.65. The molecule has 0 saturated carbocycles. The van der Waals surface area contributed by atoms with Gasteiger partial charge in [-0.25, -0.2) is 0 Å². The zero-order chi connectivity index (χ0) is 19.6. The molecule has 2 rings (SSSR count). The molecule has 1 aromatic carbocycles. The summed E-state index contributed by atoms with van der Waals surface area (Å²) in [4.78, 5) is 0.174. The van der Waals surface area contributed by atoms with Crippen LogP contribution in [0.1, 0.15) is 39.2 Å². The summed E-state index contributed by atoms with van der Waals surface area (Å²) in [6.07, 6.45) is 1.34. The Labute approximate surface area is 159 Å². The summed E-state index contributed by atoms with van der Waals surface area (Å²) < 4.78 is 42.1. The predicted octanol–water partition coefficient (Wildman–Crippen LogP) is 4.27. The topological polar surface area (TPSA) is 61.8 Å². The van der Waals surface area contributed by atoms with Crippen LogP contribution in [0.2, 0.25) is 18.1 Å². The summed E-state index contributed by atoms with van der Waals surface area (Å²) in [6.45, 7) is 13.6. The molecule has 7 heteroatoms. The summed E-state index contributed by atoms with van der Waals surface area (Å²) in [5, 5.41) is 0.145. The molecule has 1 unspecified atom stereocenters. The van der Waals surface area contributed by atoms with Gasteiger partial charge in [-0.3, -0.25) is 4.18 Å². The average molecular weight is 401 g/mol. The SMILES string of the molecule is Cc1ccc(S(=O)(=O)OC[C@@H]2CC(O[Si](C)(C)C(C)(C)C)CCO2)cc1. The molecule has 1 aliphatic rings. The van der Waals surface area contributed by atoms with E-state index in [-0.39, 0.29) is 28.7 Å². The van der Waals surface area contributed by atoms with E-state index in [0.29, 0.717) is 13.0 Å². The van der Waals surface area contributed by atoms with Crippen molar-refractivity contribution in [2.24, 2.45) is 0 Å². The van der Waals surface area contributed by atoms with Crippen LogP contribution >= 0.6 is 0 Å². The first-order chi connectivity index (χ1) is 11.9. The molecular formula is C19H32O5SSi. The first kappa shape index (κ1) is 21.6. The molecule has 0 aromatic heterocycles. The van der Waals surface area contributed by atoms with Crippen LogP contribution in [0.3, 0.4) is 0 Å². The van der Waals surface area contributed by atoms with Crippen LogP contribution in [-0.2, 0) is 23.5 Å². The van der Waals surface area contributed by atoms with Gasteiger partial charge in [-0.05, 0) is 43.6 Å². The van der Waals surface area contributed by atoms with Gasteiger partial charge < -0.3 is 9.16 Å². The molecule has 0 spiro atoms. The molecule has 0 amide bonds. The third-order valence-corrected chi connectivity index (χ3v) is 11.1. The molecule has 2 atom stereocenters. The largest absolute Gasteiger partial charge is 0.414 e. The molecule has 1 aromatic rings. The van der Waals surface area contributed by atoms with Crippen molar-refractivity contribution >= 4 is 18.4 Å². The van der Waals surface area contributed by atoms with Crippen molar-refractivity contribution in [3.63, 3.8) is 0 Å².